The molecule has 1 fully saturated rings. The molecule has 110 valence electrons. The SMILES string of the molecule is CCC1CCCCN1CCC(=O)N(C)c1ccccc1. The van der Waals surface area contributed by atoms with E-state index in [1.54, 1.807) is 4.90 Å². The molecule has 3 nitrogen and oxygen atoms in total. The normalized spacial score (nSPS) is 19.8. The Labute approximate surface area is 122 Å². The zero-order valence-corrected chi connectivity index (χ0v) is 12.7. The molecule has 1 saturated heterocycles. The van der Waals surface area contributed by atoms with E-state index in [4.69, 9.17) is 0 Å². The lowest BCUT2D eigenvalue weighted by atomic mass is 10.00. The lowest BCUT2D eigenvalue weighted by Crippen LogP contribution is -2.41. The number of hydrogen-bond acceptors (Lipinski definition) is 2. The van der Waals surface area contributed by atoms with Crippen molar-refractivity contribution in [3.63, 3.8) is 0 Å². The second kappa shape index (κ2) is 7.44. The quantitative estimate of drug-likeness (QED) is 0.822. The summed E-state index contributed by atoms with van der Waals surface area (Å²) < 4.78 is 0. The molecule has 1 aromatic carbocycles. The Morgan fingerprint density at radius 1 is 1.30 bits per heavy atom. The third-order valence-corrected chi connectivity index (χ3v) is 4.35. The van der Waals surface area contributed by atoms with Crippen LogP contribution >= 0.6 is 0 Å². The van der Waals surface area contributed by atoms with Crippen LogP contribution in [0.2, 0.25) is 0 Å². The number of likely N-dealkylation sites (tertiary alicyclic amines) is 1. The third-order valence-electron chi connectivity index (χ3n) is 4.35. The summed E-state index contributed by atoms with van der Waals surface area (Å²) in [6.07, 6.45) is 5.72. The third kappa shape index (κ3) is 3.83. The molecule has 1 unspecified atom stereocenters. The van der Waals surface area contributed by atoms with E-state index in [2.05, 4.69) is 11.8 Å². The van der Waals surface area contributed by atoms with E-state index in [-0.39, 0.29) is 5.91 Å². The molecule has 0 spiro atoms. The molecule has 0 aromatic heterocycles. The van der Waals surface area contributed by atoms with E-state index in [0.29, 0.717) is 12.5 Å². The number of amides is 1. The highest BCUT2D eigenvalue weighted by molar-refractivity contribution is 5.92. The maximum atomic E-state index is 12.3. The fraction of sp³-hybridized carbons (Fsp3) is 0.588. The van der Waals surface area contributed by atoms with Gasteiger partial charge in [0.25, 0.3) is 0 Å². The number of carbonyl (C=O) groups excluding carboxylic acids is 1. The standard InChI is InChI=1S/C17H26N2O/c1-3-15-9-7-8-13-19(15)14-12-17(20)18(2)16-10-5-4-6-11-16/h4-6,10-11,15H,3,7-9,12-14H2,1-2H3. The molecule has 20 heavy (non-hydrogen) atoms. The second-order valence-electron chi connectivity index (χ2n) is 5.63. The number of benzene rings is 1. The van der Waals surface area contributed by atoms with Crippen LogP contribution in [-0.4, -0.2) is 37.0 Å². The summed E-state index contributed by atoms with van der Waals surface area (Å²) in [7, 11) is 1.87. The molecule has 0 saturated carbocycles. The Morgan fingerprint density at radius 3 is 2.75 bits per heavy atom. The zero-order chi connectivity index (χ0) is 14.4. The highest BCUT2D eigenvalue weighted by Crippen LogP contribution is 2.20. The van der Waals surface area contributed by atoms with Crippen LogP contribution in [0.5, 0.6) is 0 Å². The molecule has 1 aliphatic rings. The van der Waals surface area contributed by atoms with Crippen molar-refractivity contribution in [3.05, 3.63) is 30.3 Å². The van der Waals surface area contributed by atoms with Crippen molar-refractivity contribution in [2.45, 2.75) is 45.1 Å². The van der Waals surface area contributed by atoms with Crippen LogP contribution in [0.25, 0.3) is 0 Å². The van der Waals surface area contributed by atoms with Crippen molar-refractivity contribution in [1.29, 1.82) is 0 Å². The lowest BCUT2D eigenvalue weighted by molar-refractivity contribution is -0.118. The lowest BCUT2D eigenvalue weighted by Gasteiger charge is -2.35. The Kier molecular flexibility index (Phi) is 5.60. The highest BCUT2D eigenvalue weighted by atomic mass is 16.2. The van der Waals surface area contributed by atoms with E-state index < -0.39 is 0 Å². The number of anilines is 1. The summed E-state index contributed by atoms with van der Waals surface area (Å²) in [5.74, 6) is 0.205. The molecule has 0 N–H and O–H groups in total. The van der Waals surface area contributed by atoms with Gasteiger partial charge in [0.15, 0.2) is 0 Å². The fourth-order valence-electron chi connectivity index (χ4n) is 3.02. The van der Waals surface area contributed by atoms with E-state index in [1.165, 1.54) is 25.7 Å². The van der Waals surface area contributed by atoms with Crippen LogP contribution in [0.3, 0.4) is 0 Å². The number of piperidine rings is 1. The van der Waals surface area contributed by atoms with Gasteiger partial charge in [0.05, 0.1) is 0 Å². The highest BCUT2D eigenvalue weighted by Gasteiger charge is 2.21. The molecule has 2 rings (SSSR count). The smallest absolute Gasteiger partial charge is 0.228 e. The number of hydrogen-bond donors (Lipinski definition) is 0. The first-order valence-electron chi connectivity index (χ1n) is 7.78. The van der Waals surface area contributed by atoms with Crippen LogP contribution < -0.4 is 4.90 Å². The first-order chi connectivity index (χ1) is 9.72. The molecule has 0 radical (unpaired) electrons. The Balaban J connectivity index is 1.85. The Hall–Kier alpha value is -1.35. The molecule has 1 amide bonds. The van der Waals surface area contributed by atoms with Crippen molar-refractivity contribution in [1.82, 2.24) is 4.90 Å². The van der Waals surface area contributed by atoms with Crippen LogP contribution in [0.4, 0.5) is 5.69 Å². The van der Waals surface area contributed by atoms with E-state index >= 15 is 0 Å². The van der Waals surface area contributed by atoms with Crippen LogP contribution in [0.15, 0.2) is 30.3 Å². The van der Waals surface area contributed by atoms with Crippen LogP contribution in [0, 0.1) is 0 Å². The predicted octanol–water partition coefficient (Wildman–Crippen LogP) is 3.30. The number of rotatable bonds is 5. The van der Waals surface area contributed by atoms with Crippen molar-refractivity contribution in [2.24, 2.45) is 0 Å². The fourth-order valence-corrected chi connectivity index (χ4v) is 3.02. The molecular formula is C17H26N2O. The first-order valence-corrected chi connectivity index (χ1v) is 7.78. The van der Waals surface area contributed by atoms with Gasteiger partial charge >= 0.3 is 0 Å². The average molecular weight is 274 g/mol. The molecule has 1 aliphatic heterocycles. The number of nitrogens with zero attached hydrogens (tertiary/aromatic N) is 2. The van der Waals surface area contributed by atoms with Crippen molar-refractivity contribution in [3.8, 4) is 0 Å². The molecule has 1 aromatic rings. The Morgan fingerprint density at radius 2 is 2.05 bits per heavy atom. The van der Waals surface area contributed by atoms with Gasteiger partial charge in [0.1, 0.15) is 0 Å². The summed E-state index contributed by atoms with van der Waals surface area (Å²) in [6, 6.07) is 10.6. The maximum absolute atomic E-state index is 12.3. The van der Waals surface area contributed by atoms with Gasteiger partial charge in [-0.1, -0.05) is 31.5 Å². The average Bonchev–Trinajstić information content (AvgIpc) is 2.53. The van der Waals surface area contributed by atoms with Crippen LogP contribution in [-0.2, 0) is 4.79 Å². The van der Waals surface area contributed by atoms with E-state index in [1.807, 2.05) is 37.4 Å². The van der Waals surface area contributed by atoms with E-state index in [9.17, 15) is 4.79 Å². The predicted molar refractivity (Wildman–Crippen MR) is 84.0 cm³/mol. The van der Waals surface area contributed by atoms with Crippen molar-refractivity contribution < 1.29 is 4.79 Å². The minimum atomic E-state index is 0.205. The van der Waals surface area contributed by atoms with Gasteiger partial charge in [-0.3, -0.25) is 9.69 Å². The van der Waals surface area contributed by atoms with Gasteiger partial charge in [0, 0.05) is 31.7 Å². The maximum Gasteiger partial charge on any atom is 0.228 e. The zero-order valence-electron chi connectivity index (χ0n) is 12.7. The minimum absolute atomic E-state index is 0.205. The van der Waals surface area contributed by atoms with Crippen molar-refractivity contribution >= 4 is 11.6 Å². The Bertz CT molecular complexity index is 418. The summed E-state index contributed by atoms with van der Waals surface area (Å²) in [5.41, 5.74) is 0.975. The molecule has 0 aliphatic carbocycles. The molecule has 1 atom stereocenters. The topological polar surface area (TPSA) is 23.6 Å². The van der Waals surface area contributed by atoms with Gasteiger partial charge in [-0.25, -0.2) is 0 Å². The summed E-state index contributed by atoms with van der Waals surface area (Å²) in [4.78, 5) is 16.5. The van der Waals surface area contributed by atoms with Gasteiger partial charge in [-0.15, -0.1) is 0 Å². The van der Waals surface area contributed by atoms with Crippen molar-refractivity contribution in [2.75, 3.05) is 25.0 Å². The summed E-state index contributed by atoms with van der Waals surface area (Å²) in [6.45, 7) is 4.30. The monoisotopic (exact) mass is 274 g/mol. The van der Waals surface area contributed by atoms with Crippen LogP contribution in [0.1, 0.15) is 39.0 Å². The summed E-state index contributed by atoms with van der Waals surface area (Å²) >= 11 is 0. The molecule has 3 heteroatoms. The molecular weight excluding hydrogens is 248 g/mol. The largest absolute Gasteiger partial charge is 0.315 e. The molecule has 0 bridgehead atoms. The summed E-state index contributed by atoms with van der Waals surface area (Å²) in [5, 5.41) is 0. The van der Waals surface area contributed by atoms with Gasteiger partial charge in [0.2, 0.25) is 5.91 Å². The van der Waals surface area contributed by atoms with Gasteiger partial charge < -0.3 is 4.90 Å². The number of carbonyl (C=O) groups is 1. The minimum Gasteiger partial charge on any atom is -0.315 e. The number of para-hydroxylation sites is 1. The van der Waals surface area contributed by atoms with Gasteiger partial charge in [-0.2, -0.15) is 0 Å². The second-order valence-corrected chi connectivity index (χ2v) is 5.63. The van der Waals surface area contributed by atoms with E-state index in [0.717, 1.165) is 18.8 Å². The molecule has 1 heterocycles. The van der Waals surface area contributed by atoms with Gasteiger partial charge in [-0.05, 0) is 37.9 Å². The first kappa shape index (κ1) is 15.0.